The van der Waals surface area contributed by atoms with Crippen molar-refractivity contribution in [2.24, 2.45) is 5.92 Å². The van der Waals surface area contributed by atoms with Crippen molar-refractivity contribution in [1.82, 2.24) is 25.5 Å². The fourth-order valence-corrected chi connectivity index (χ4v) is 4.38. The summed E-state index contributed by atoms with van der Waals surface area (Å²) in [5.74, 6) is 0.148. The Hall–Kier alpha value is -3.63. The van der Waals surface area contributed by atoms with Gasteiger partial charge in [-0.1, -0.05) is 54.2 Å². The van der Waals surface area contributed by atoms with Crippen LogP contribution in [0.4, 0.5) is 18.2 Å². The third kappa shape index (κ3) is 16.9. The highest BCUT2D eigenvalue weighted by atomic mass is 20.0. The van der Waals surface area contributed by atoms with Gasteiger partial charge in [-0.2, -0.15) is 0 Å². The second-order valence-electron chi connectivity index (χ2n) is 10.3. The number of hydrogen-bond donors (Lipinski definition) is 3. The van der Waals surface area contributed by atoms with Gasteiger partial charge in [0.25, 0.3) is 0 Å². The molecule has 1 aromatic heterocycles. The van der Waals surface area contributed by atoms with E-state index in [1.54, 1.807) is 12.3 Å². The first-order valence-electron chi connectivity index (χ1n) is 15.6. The number of hydrogen-bond acceptors (Lipinski definition) is 4. The number of rotatable bonds is 11. The minimum absolute atomic E-state index is 0. The second-order valence-corrected chi connectivity index (χ2v) is 10.3. The highest BCUT2D eigenvalue weighted by molar-refractivity contribution is 5.88. The summed E-state index contributed by atoms with van der Waals surface area (Å²) in [4.78, 5) is 35.6. The van der Waals surface area contributed by atoms with Crippen LogP contribution in [0.2, 0.25) is 0 Å². The van der Waals surface area contributed by atoms with E-state index in [9.17, 15) is 14.0 Å². The SMILES string of the molecule is C=C.C=C(C[C@H](NC(=O)CCC(C)C)C(=O)N[C@@H](C)c1ncc(-c2ccc(C)cc2F)[nH]1)N1CCCCC1.CC.CC.F.FF.[HH].[HH]. The van der Waals surface area contributed by atoms with Crippen molar-refractivity contribution in [3.05, 3.63) is 67.0 Å². The van der Waals surface area contributed by atoms with Crippen LogP contribution in [-0.4, -0.2) is 45.8 Å². The zero-order valence-electron chi connectivity index (χ0n) is 28.6. The summed E-state index contributed by atoms with van der Waals surface area (Å²) in [7, 11) is 0. The maximum atomic E-state index is 14.4. The molecular formula is C34H61F4N5O2. The number of carbonyl (C=O) groups is 2. The Bertz CT molecular complexity index is 1100. The van der Waals surface area contributed by atoms with Crippen LogP contribution in [0.15, 0.2) is 49.8 Å². The lowest BCUT2D eigenvalue weighted by atomic mass is 10.0. The summed E-state index contributed by atoms with van der Waals surface area (Å²) >= 11 is 0. The predicted octanol–water partition coefficient (Wildman–Crippen LogP) is 9.35. The number of likely N-dealkylation sites (tertiary alicyclic amines) is 1. The summed E-state index contributed by atoms with van der Waals surface area (Å²) in [5.41, 5.74) is 2.66. The smallest absolute Gasteiger partial charge is 0.243 e. The van der Waals surface area contributed by atoms with E-state index in [0.717, 1.165) is 43.6 Å². The largest absolute Gasteiger partial charge is 0.375 e. The Labute approximate surface area is 271 Å². The number of aromatic amines is 1. The molecule has 1 aliphatic rings. The van der Waals surface area contributed by atoms with E-state index < -0.39 is 12.1 Å². The number of carbonyl (C=O) groups excluding carboxylic acids is 2. The van der Waals surface area contributed by atoms with Crippen molar-refractivity contribution >= 4 is 11.8 Å². The summed E-state index contributed by atoms with van der Waals surface area (Å²) in [6.07, 6.45) is 6.46. The fourth-order valence-electron chi connectivity index (χ4n) is 4.38. The third-order valence-electron chi connectivity index (χ3n) is 6.62. The summed E-state index contributed by atoms with van der Waals surface area (Å²) in [5, 5.41) is 5.89. The van der Waals surface area contributed by atoms with Crippen molar-refractivity contribution in [3.63, 3.8) is 0 Å². The fraction of sp³-hybridized carbons (Fsp3) is 0.559. The van der Waals surface area contributed by atoms with Crippen molar-refractivity contribution in [1.29, 1.82) is 0 Å². The lowest BCUT2D eigenvalue weighted by molar-refractivity contribution is -0.129. The van der Waals surface area contributed by atoms with E-state index in [0.29, 0.717) is 35.8 Å². The lowest BCUT2D eigenvalue weighted by Gasteiger charge is -2.32. The van der Waals surface area contributed by atoms with Crippen LogP contribution in [0, 0.1) is 18.7 Å². The maximum absolute atomic E-state index is 14.4. The molecule has 3 N–H and O–H groups in total. The van der Waals surface area contributed by atoms with Crippen LogP contribution in [-0.2, 0) is 9.59 Å². The third-order valence-corrected chi connectivity index (χ3v) is 6.62. The number of nitrogens with zero attached hydrogens (tertiary/aromatic N) is 2. The minimum atomic E-state index is -0.731. The first kappa shape index (κ1) is 45.8. The number of aryl methyl sites for hydroxylation is 1. The Morgan fingerprint density at radius 2 is 1.62 bits per heavy atom. The molecule has 2 aromatic rings. The lowest BCUT2D eigenvalue weighted by Crippen LogP contribution is -2.48. The molecule has 45 heavy (non-hydrogen) atoms. The van der Waals surface area contributed by atoms with E-state index in [1.807, 2.05) is 47.6 Å². The standard InChI is InChI=1S/C28H40FN5O2.2C2H6.C2H4.F2.FH.2H2/c1-18(2)9-12-26(35)32-24(16-20(4)34-13-7-6-8-14-34)28(36)31-21(5)27-30-17-25(33-27)22-11-10-19(3)15-23(22)29;4*1-2;;;/h10-11,15,17-18,21,24H,4,6-9,12-14,16H2,1-3,5H3,(H,30,33)(H,31,36)(H,32,35);2*1-2H3;1-2H2;;3*1H/t21-,24-;;;;;;;/m0......./s1. The van der Waals surface area contributed by atoms with E-state index in [4.69, 9.17) is 9.15 Å². The molecule has 1 saturated heterocycles. The van der Waals surface area contributed by atoms with E-state index in [1.165, 1.54) is 12.5 Å². The molecule has 2 amide bonds. The number of piperidine rings is 1. The summed E-state index contributed by atoms with van der Waals surface area (Å²) in [6.45, 7) is 27.8. The highest BCUT2D eigenvalue weighted by Crippen LogP contribution is 2.24. The Kier molecular flexibility index (Phi) is 27.2. The van der Waals surface area contributed by atoms with Crippen LogP contribution >= 0.6 is 0 Å². The average Bonchev–Trinajstić information content (AvgIpc) is 3.54. The van der Waals surface area contributed by atoms with Crippen LogP contribution in [0.3, 0.4) is 0 Å². The molecule has 3 rings (SSSR count). The number of amides is 2. The van der Waals surface area contributed by atoms with Gasteiger partial charge in [-0.3, -0.25) is 14.3 Å². The van der Waals surface area contributed by atoms with Gasteiger partial charge in [0.05, 0.1) is 17.9 Å². The van der Waals surface area contributed by atoms with E-state index >= 15 is 0 Å². The second kappa shape index (κ2) is 26.7. The van der Waals surface area contributed by atoms with Gasteiger partial charge in [0, 0.05) is 49.2 Å². The minimum Gasteiger partial charge on any atom is -0.375 e. The number of aromatic nitrogens is 2. The molecule has 2 heterocycles. The number of nitrogens with one attached hydrogen (secondary N) is 3. The molecule has 0 bridgehead atoms. The van der Waals surface area contributed by atoms with Crippen molar-refractivity contribution in [2.75, 3.05) is 13.1 Å². The van der Waals surface area contributed by atoms with Crippen molar-refractivity contribution < 1.29 is 30.7 Å². The predicted molar refractivity (Wildman–Crippen MR) is 183 cm³/mol. The zero-order valence-corrected chi connectivity index (χ0v) is 28.6. The van der Waals surface area contributed by atoms with Crippen molar-refractivity contribution in [3.8, 4) is 11.3 Å². The number of halogens is 4. The van der Waals surface area contributed by atoms with Gasteiger partial charge in [0.15, 0.2) is 0 Å². The topological polar surface area (TPSA) is 90.1 Å². The van der Waals surface area contributed by atoms with Gasteiger partial charge >= 0.3 is 0 Å². The normalized spacial score (nSPS) is 12.8. The molecule has 1 aromatic carbocycles. The van der Waals surface area contributed by atoms with Gasteiger partial charge in [-0.05, 0) is 63.1 Å². The zero-order chi connectivity index (χ0) is 34.2. The van der Waals surface area contributed by atoms with Crippen LogP contribution in [0.25, 0.3) is 11.3 Å². The first-order chi connectivity index (χ1) is 21.1. The van der Waals surface area contributed by atoms with Crippen LogP contribution in [0.1, 0.15) is 107 Å². The Morgan fingerprint density at radius 1 is 1.04 bits per heavy atom. The monoisotopic (exact) mass is 647 g/mol. The van der Waals surface area contributed by atoms with Crippen LogP contribution in [0.5, 0.6) is 0 Å². The van der Waals surface area contributed by atoms with Gasteiger partial charge in [-0.25, -0.2) is 9.37 Å². The first-order valence-corrected chi connectivity index (χ1v) is 15.6. The molecule has 0 unspecified atom stereocenters. The molecule has 0 spiro atoms. The molecule has 0 saturated carbocycles. The molecule has 0 aliphatic carbocycles. The van der Waals surface area contributed by atoms with Gasteiger partial charge < -0.3 is 20.5 Å². The Balaban J connectivity index is -0.000000496. The quantitative estimate of drug-likeness (QED) is 0.167. The number of imidazole rings is 1. The molecule has 0 radical (unpaired) electrons. The highest BCUT2D eigenvalue weighted by Gasteiger charge is 2.26. The van der Waals surface area contributed by atoms with E-state index in [2.05, 4.69) is 59.1 Å². The molecule has 1 fully saturated rings. The number of H-pyrrole nitrogens is 1. The summed E-state index contributed by atoms with van der Waals surface area (Å²) in [6, 6.07) is 3.83. The van der Waals surface area contributed by atoms with Gasteiger partial charge in [0.1, 0.15) is 17.7 Å². The van der Waals surface area contributed by atoms with Crippen LogP contribution < -0.4 is 10.6 Å². The Morgan fingerprint density at radius 3 is 2.16 bits per heavy atom. The maximum Gasteiger partial charge on any atom is 0.243 e. The average molecular weight is 648 g/mol. The van der Waals surface area contributed by atoms with Gasteiger partial charge in [-0.15, -0.1) is 13.2 Å². The number of benzene rings is 1. The molecule has 7 nitrogen and oxygen atoms in total. The van der Waals surface area contributed by atoms with E-state index in [-0.39, 0.29) is 25.2 Å². The molecule has 262 valence electrons. The van der Waals surface area contributed by atoms with Gasteiger partial charge in [0.2, 0.25) is 11.8 Å². The molecular weight excluding hydrogens is 586 g/mol. The van der Waals surface area contributed by atoms with Crippen molar-refractivity contribution in [2.45, 2.75) is 106 Å². The molecule has 11 heteroatoms. The molecule has 2 atom stereocenters. The molecule has 1 aliphatic heterocycles. The summed E-state index contributed by atoms with van der Waals surface area (Å²) < 4.78 is 30.4.